The Balaban J connectivity index is 0.000000283. The molecule has 11 heteroatoms. The molecule has 0 radical (unpaired) electrons. The summed E-state index contributed by atoms with van der Waals surface area (Å²) in [5, 5.41) is 17.7. The molecule has 0 aromatic heterocycles. The number of rotatable bonds is 3. The first-order chi connectivity index (χ1) is 13.0. The van der Waals surface area contributed by atoms with Gasteiger partial charge < -0.3 is 19.5 Å². The van der Waals surface area contributed by atoms with E-state index in [9.17, 15) is 18.4 Å². The molecule has 0 amide bonds. The summed E-state index contributed by atoms with van der Waals surface area (Å²) in [5.74, 6) is -2.53. The number of carbonyl (C=O) groups is 2. The molecular weight excluding hydrogens is 509 g/mol. The van der Waals surface area contributed by atoms with Crippen LogP contribution in [0.15, 0.2) is 33.2 Å². The number of methoxy groups -OCH3 is 2. The molecule has 0 saturated heterocycles. The maximum absolute atomic E-state index is 13.2. The third-order valence-corrected chi connectivity index (χ3v) is 4.94. The molecule has 28 heavy (non-hydrogen) atoms. The summed E-state index contributed by atoms with van der Waals surface area (Å²) in [6.45, 7) is 1.71. The molecule has 0 fully saturated rings. The Bertz CT molecular complexity index is 892. The van der Waals surface area contributed by atoms with Gasteiger partial charge in [-0.1, -0.05) is 0 Å². The quantitative estimate of drug-likeness (QED) is 0.475. The van der Waals surface area contributed by atoms with Gasteiger partial charge in [0.05, 0.1) is 34.3 Å². The van der Waals surface area contributed by atoms with Crippen LogP contribution in [-0.4, -0.2) is 43.3 Å². The minimum Gasteiger partial charge on any atom is -0.465 e. The maximum Gasteiger partial charge on any atom is 0.488 e. The van der Waals surface area contributed by atoms with Crippen molar-refractivity contribution in [1.82, 2.24) is 0 Å². The van der Waals surface area contributed by atoms with Gasteiger partial charge in [-0.25, -0.2) is 18.4 Å². The Hall–Kier alpha value is -1.82. The largest absolute Gasteiger partial charge is 0.488 e. The van der Waals surface area contributed by atoms with Crippen molar-refractivity contribution in [3.63, 3.8) is 0 Å². The van der Waals surface area contributed by atoms with Gasteiger partial charge in [0.25, 0.3) is 0 Å². The van der Waals surface area contributed by atoms with E-state index in [1.54, 1.807) is 13.0 Å². The van der Waals surface area contributed by atoms with E-state index in [0.29, 0.717) is 5.56 Å². The average Bonchev–Trinajstić information content (AvgIpc) is 2.65. The lowest BCUT2D eigenvalue weighted by molar-refractivity contribution is 0.0590. The second-order valence-electron chi connectivity index (χ2n) is 5.33. The molecule has 2 N–H and O–H groups in total. The van der Waals surface area contributed by atoms with E-state index < -0.39 is 30.7 Å². The van der Waals surface area contributed by atoms with E-state index >= 15 is 0 Å². The van der Waals surface area contributed by atoms with Crippen LogP contribution < -0.4 is 5.46 Å². The fraction of sp³-hybridized carbons (Fsp3) is 0.176. The number of aryl methyl sites for hydroxylation is 1. The lowest BCUT2D eigenvalue weighted by Crippen LogP contribution is -2.31. The third-order valence-electron chi connectivity index (χ3n) is 3.33. The number of benzene rings is 2. The summed E-state index contributed by atoms with van der Waals surface area (Å²) in [7, 11) is 0.569. The highest BCUT2D eigenvalue weighted by Crippen LogP contribution is 2.23. The topological polar surface area (TPSA) is 93.1 Å². The molecule has 0 atom stereocenters. The molecule has 2 rings (SSSR count). The molecule has 0 aliphatic heterocycles. The molecule has 150 valence electrons. The zero-order valence-corrected chi connectivity index (χ0v) is 18.1. The van der Waals surface area contributed by atoms with Crippen molar-refractivity contribution in [2.75, 3.05) is 14.2 Å². The normalized spacial score (nSPS) is 9.89. The molecule has 0 heterocycles. The van der Waals surface area contributed by atoms with Crippen LogP contribution in [0.3, 0.4) is 0 Å². The first kappa shape index (κ1) is 24.2. The van der Waals surface area contributed by atoms with Gasteiger partial charge in [0.2, 0.25) is 0 Å². The van der Waals surface area contributed by atoms with Gasteiger partial charge >= 0.3 is 19.1 Å². The standard InChI is InChI=1S/C9H8BrFO2.C8H7BBrFO4/c1-5-3-6(9(12)13-2)8(10)7(11)4-5;1-15-8(12)5-2-4(9(13)14)3-6(11)7(5)10/h3-4H,1-2H3;2-3,13-14H,1H3. The molecule has 0 unspecified atom stereocenters. The summed E-state index contributed by atoms with van der Waals surface area (Å²) < 4.78 is 35.3. The summed E-state index contributed by atoms with van der Waals surface area (Å²) in [6, 6.07) is 4.97. The van der Waals surface area contributed by atoms with Crippen LogP contribution in [-0.2, 0) is 9.47 Å². The highest BCUT2D eigenvalue weighted by molar-refractivity contribution is 9.10. The summed E-state index contributed by atoms with van der Waals surface area (Å²) in [5.41, 5.74) is 0.679. The fourth-order valence-corrected chi connectivity index (χ4v) is 2.78. The minimum atomic E-state index is -1.84. The van der Waals surface area contributed by atoms with Crippen LogP contribution in [0.4, 0.5) is 8.78 Å². The first-order valence-corrected chi connectivity index (χ1v) is 9.09. The van der Waals surface area contributed by atoms with Gasteiger partial charge in [0.1, 0.15) is 11.6 Å². The van der Waals surface area contributed by atoms with Crippen LogP contribution in [0.5, 0.6) is 0 Å². The zero-order chi connectivity index (χ0) is 21.6. The highest BCUT2D eigenvalue weighted by Gasteiger charge is 2.20. The number of carbonyl (C=O) groups excluding carboxylic acids is 2. The van der Waals surface area contributed by atoms with E-state index in [2.05, 4.69) is 41.3 Å². The van der Waals surface area contributed by atoms with E-state index in [1.807, 2.05) is 0 Å². The number of esters is 2. The SMILES string of the molecule is COC(=O)c1cc(B(O)O)cc(F)c1Br.COC(=O)c1cc(C)cc(F)c1Br. The van der Waals surface area contributed by atoms with Crippen LogP contribution >= 0.6 is 31.9 Å². The number of hydrogen-bond acceptors (Lipinski definition) is 6. The predicted molar refractivity (Wildman–Crippen MR) is 105 cm³/mol. The predicted octanol–water partition coefficient (Wildman–Crippen LogP) is 2.74. The average molecular weight is 524 g/mol. The molecule has 6 nitrogen and oxygen atoms in total. The Morgan fingerprint density at radius 1 is 0.893 bits per heavy atom. The van der Waals surface area contributed by atoms with Crippen molar-refractivity contribution in [2.24, 2.45) is 0 Å². The lowest BCUT2D eigenvalue weighted by Gasteiger charge is -2.06. The smallest absolute Gasteiger partial charge is 0.465 e. The molecule has 2 aromatic rings. The molecule has 0 bridgehead atoms. The Kier molecular flexibility index (Phi) is 9.22. The monoisotopic (exact) mass is 522 g/mol. The van der Waals surface area contributed by atoms with E-state index in [1.165, 1.54) is 13.2 Å². The Morgan fingerprint density at radius 2 is 1.32 bits per heavy atom. The van der Waals surface area contributed by atoms with Gasteiger partial charge in [0, 0.05) is 0 Å². The third kappa shape index (κ3) is 6.09. The number of halogens is 4. The minimum absolute atomic E-state index is 0.0706. The van der Waals surface area contributed by atoms with Gasteiger partial charge in [-0.3, -0.25) is 0 Å². The lowest BCUT2D eigenvalue weighted by atomic mass is 9.79. The molecule has 0 saturated carbocycles. The van der Waals surface area contributed by atoms with E-state index in [-0.39, 0.29) is 25.5 Å². The van der Waals surface area contributed by atoms with E-state index in [0.717, 1.165) is 19.2 Å². The van der Waals surface area contributed by atoms with Crippen LogP contribution in [0.25, 0.3) is 0 Å². The van der Waals surface area contributed by atoms with Gasteiger partial charge in [-0.05, 0) is 74.1 Å². The molecular formula is C17H15BBr2F2O6. The van der Waals surface area contributed by atoms with Gasteiger partial charge in [-0.15, -0.1) is 0 Å². The maximum atomic E-state index is 13.2. The van der Waals surface area contributed by atoms with Crippen molar-refractivity contribution < 1.29 is 37.9 Å². The van der Waals surface area contributed by atoms with Gasteiger partial charge in [-0.2, -0.15) is 0 Å². The zero-order valence-electron chi connectivity index (χ0n) is 14.9. The Morgan fingerprint density at radius 3 is 1.75 bits per heavy atom. The first-order valence-electron chi connectivity index (χ1n) is 7.50. The van der Waals surface area contributed by atoms with Crippen molar-refractivity contribution in [2.45, 2.75) is 6.92 Å². The van der Waals surface area contributed by atoms with Crippen LogP contribution in [0.1, 0.15) is 26.3 Å². The van der Waals surface area contributed by atoms with E-state index in [4.69, 9.17) is 10.0 Å². The van der Waals surface area contributed by atoms with Crippen molar-refractivity contribution in [3.8, 4) is 0 Å². The Labute approximate surface area is 176 Å². The molecule has 0 aliphatic carbocycles. The fourth-order valence-electron chi connectivity index (χ4n) is 2.00. The van der Waals surface area contributed by atoms with Crippen molar-refractivity contribution in [3.05, 3.63) is 61.5 Å². The number of ether oxygens (including phenoxy) is 2. The summed E-state index contributed by atoms with van der Waals surface area (Å²) >= 11 is 5.85. The molecule has 2 aromatic carbocycles. The molecule has 0 aliphatic rings. The molecule has 0 spiro atoms. The van der Waals surface area contributed by atoms with Crippen molar-refractivity contribution in [1.29, 1.82) is 0 Å². The second kappa shape index (κ2) is 10.7. The van der Waals surface area contributed by atoms with Crippen LogP contribution in [0, 0.1) is 18.6 Å². The van der Waals surface area contributed by atoms with Crippen LogP contribution in [0.2, 0.25) is 0 Å². The highest BCUT2D eigenvalue weighted by atomic mass is 79.9. The van der Waals surface area contributed by atoms with Gasteiger partial charge in [0.15, 0.2) is 0 Å². The summed E-state index contributed by atoms with van der Waals surface area (Å²) in [4.78, 5) is 22.3. The number of hydrogen-bond donors (Lipinski definition) is 2. The van der Waals surface area contributed by atoms with Crippen molar-refractivity contribution >= 4 is 56.4 Å². The summed E-state index contributed by atoms with van der Waals surface area (Å²) in [6.07, 6.45) is 0. The second-order valence-corrected chi connectivity index (χ2v) is 6.92.